The maximum Gasteiger partial charge on any atom is 0.337 e. The van der Waals surface area contributed by atoms with Gasteiger partial charge in [-0.15, -0.1) is 0 Å². The van der Waals surface area contributed by atoms with Crippen molar-refractivity contribution in [2.45, 2.75) is 24.2 Å². The van der Waals surface area contributed by atoms with Gasteiger partial charge in [-0.25, -0.2) is 13.2 Å². The standard InChI is InChI=1S/C12H12Cl2O4S/c13-9-6-10(14)11(5-8(9)12(15)16)19(17,18)4-3-7-1-2-7/h5-7H,1-4H2,(H,15,16). The first kappa shape index (κ1) is 14.6. The first-order chi connectivity index (χ1) is 8.81. The minimum Gasteiger partial charge on any atom is -0.478 e. The maximum absolute atomic E-state index is 12.2. The van der Waals surface area contributed by atoms with E-state index in [2.05, 4.69) is 0 Å². The highest BCUT2D eigenvalue weighted by molar-refractivity contribution is 7.91. The second kappa shape index (κ2) is 5.31. The van der Waals surface area contributed by atoms with Gasteiger partial charge in [0, 0.05) is 0 Å². The van der Waals surface area contributed by atoms with E-state index in [-0.39, 0.29) is 26.3 Å². The van der Waals surface area contributed by atoms with Gasteiger partial charge < -0.3 is 5.11 Å². The van der Waals surface area contributed by atoms with Crippen molar-refractivity contribution in [1.29, 1.82) is 0 Å². The lowest BCUT2D eigenvalue weighted by Crippen LogP contribution is -2.10. The molecule has 2 rings (SSSR count). The van der Waals surface area contributed by atoms with Gasteiger partial charge in [-0.05, 0) is 24.5 Å². The van der Waals surface area contributed by atoms with E-state index in [4.69, 9.17) is 28.3 Å². The summed E-state index contributed by atoms with van der Waals surface area (Å²) < 4.78 is 24.3. The molecule has 1 saturated carbocycles. The van der Waals surface area contributed by atoms with Crippen molar-refractivity contribution in [2.24, 2.45) is 5.92 Å². The van der Waals surface area contributed by atoms with Gasteiger partial charge in [0.15, 0.2) is 9.84 Å². The number of hydrogen-bond acceptors (Lipinski definition) is 3. The third-order valence-corrected chi connectivity index (χ3v) is 5.60. The highest BCUT2D eigenvalue weighted by atomic mass is 35.5. The smallest absolute Gasteiger partial charge is 0.337 e. The van der Waals surface area contributed by atoms with Crippen molar-refractivity contribution < 1.29 is 18.3 Å². The SMILES string of the molecule is O=C(O)c1cc(S(=O)(=O)CCC2CC2)c(Cl)cc1Cl. The molecule has 0 aromatic heterocycles. The molecule has 0 radical (unpaired) electrons. The molecule has 19 heavy (non-hydrogen) atoms. The van der Waals surface area contributed by atoms with Gasteiger partial charge in [0.1, 0.15) is 0 Å². The maximum atomic E-state index is 12.2. The zero-order chi connectivity index (χ0) is 14.2. The number of benzene rings is 1. The Morgan fingerprint density at radius 1 is 1.26 bits per heavy atom. The minimum absolute atomic E-state index is 0.0158. The van der Waals surface area contributed by atoms with Crippen LogP contribution in [0.25, 0.3) is 0 Å². The van der Waals surface area contributed by atoms with Gasteiger partial charge >= 0.3 is 5.97 Å². The van der Waals surface area contributed by atoms with Crippen LogP contribution in [0.5, 0.6) is 0 Å². The van der Waals surface area contributed by atoms with E-state index in [0.29, 0.717) is 12.3 Å². The third-order valence-electron chi connectivity index (χ3n) is 3.08. The number of sulfone groups is 1. The molecule has 1 aromatic carbocycles. The van der Waals surface area contributed by atoms with Crippen molar-refractivity contribution >= 4 is 39.0 Å². The van der Waals surface area contributed by atoms with E-state index >= 15 is 0 Å². The van der Waals surface area contributed by atoms with Crippen LogP contribution in [0.2, 0.25) is 10.0 Å². The summed E-state index contributed by atoms with van der Waals surface area (Å²) in [6.45, 7) is 0. The summed E-state index contributed by atoms with van der Waals surface area (Å²) in [6, 6.07) is 2.20. The third kappa shape index (κ3) is 3.41. The first-order valence-corrected chi connectivity index (χ1v) is 8.17. The molecular formula is C12H12Cl2O4S. The molecule has 104 valence electrons. The summed E-state index contributed by atoms with van der Waals surface area (Å²) in [5.74, 6) is -0.821. The molecule has 0 aliphatic heterocycles. The van der Waals surface area contributed by atoms with Crippen LogP contribution in [-0.2, 0) is 9.84 Å². The predicted octanol–water partition coefficient (Wildman–Crippen LogP) is 3.27. The lowest BCUT2D eigenvalue weighted by molar-refractivity contribution is 0.0697. The number of aromatic carboxylic acids is 1. The van der Waals surface area contributed by atoms with E-state index in [0.717, 1.165) is 25.0 Å². The van der Waals surface area contributed by atoms with E-state index in [9.17, 15) is 13.2 Å². The summed E-state index contributed by atoms with van der Waals surface area (Å²) in [5, 5.41) is 8.85. The van der Waals surface area contributed by atoms with Crippen molar-refractivity contribution in [3.63, 3.8) is 0 Å². The van der Waals surface area contributed by atoms with Crippen LogP contribution in [-0.4, -0.2) is 25.2 Å². The van der Waals surface area contributed by atoms with Crippen LogP contribution in [0.4, 0.5) is 0 Å². The van der Waals surface area contributed by atoms with Crippen LogP contribution in [0.1, 0.15) is 29.6 Å². The van der Waals surface area contributed by atoms with Gasteiger partial charge in [0.05, 0.1) is 26.3 Å². The fraction of sp³-hybridized carbons (Fsp3) is 0.417. The van der Waals surface area contributed by atoms with Crippen LogP contribution >= 0.6 is 23.2 Å². The molecule has 1 aliphatic rings. The van der Waals surface area contributed by atoms with E-state index < -0.39 is 15.8 Å². The highest BCUT2D eigenvalue weighted by Gasteiger charge is 2.27. The zero-order valence-electron chi connectivity index (χ0n) is 9.90. The molecule has 0 amide bonds. The Hall–Kier alpha value is -0.780. The van der Waals surface area contributed by atoms with Gasteiger partial charge in [0.2, 0.25) is 0 Å². The number of halogens is 2. The van der Waals surface area contributed by atoms with Gasteiger partial charge in [-0.3, -0.25) is 0 Å². The number of carboxylic acid groups (broad SMARTS) is 1. The molecule has 1 aromatic rings. The largest absolute Gasteiger partial charge is 0.478 e. The number of carboxylic acids is 1. The minimum atomic E-state index is -3.57. The molecule has 0 bridgehead atoms. The van der Waals surface area contributed by atoms with Crippen LogP contribution < -0.4 is 0 Å². The predicted molar refractivity (Wildman–Crippen MR) is 72.8 cm³/mol. The van der Waals surface area contributed by atoms with Gasteiger partial charge in [-0.2, -0.15) is 0 Å². The number of rotatable bonds is 5. The van der Waals surface area contributed by atoms with E-state index in [1.165, 1.54) is 0 Å². The van der Waals surface area contributed by atoms with Crippen molar-refractivity contribution in [3.8, 4) is 0 Å². The van der Waals surface area contributed by atoms with Crippen LogP contribution in [0, 0.1) is 5.92 Å². The molecule has 0 atom stereocenters. The van der Waals surface area contributed by atoms with E-state index in [1.54, 1.807) is 0 Å². The Bertz CT molecular complexity index is 621. The summed E-state index contributed by atoms with van der Waals surface area (Å²) in [7, 11) is -3.57. The second-order valence-electron chi connectivity index (χ2n) is 4.62. The average molecular weight is 323 g/mol. The monoisotopic (exact) mass is 322 g/mol. The molecule has 4 nitrogen and oxygen atoms in total. The Labute approximate surface area is 121 Å². The van der Waals surface area contributed by atoms with Crippen LogP contribution in [0.3, 0.4) is 0 Å². The molecule has 7 heteroatoms. The molecule has 1 N–H and O–H groups in total. The molecule has 1 fully saturated rings. The molecule has 0 heterocycles. The second-order valence-corrected chi connectivity index (χ2v) is 7.51. The Kier molecular flexibility index (Phi) is 4.08. The Balaban J connectivity index is 2.36. The summed E-state index contributed by atoms with van der Waals surface area (Å²) in [6.07, 6.45) is 2.71. The summed E-state index contributed by atoms with van der Waals surface area (Å²) in [4.78, 5) is 10.8. The van der Waals surface area contributed by atoms with Crippen molar-refractivity contribution in [1.82, 2.24) is 0 Å². The van der Waals surface area contributed by atoms with E-state index in [1.807, 2.05) is 0 Å². The molecular weight excluding hydrogens is 311 g/mol. The quantitative estimate of drug-likeness (QED) is 0.903. The summed E-state index contributed by atoms with van der Waals surface area (Å²) in [5.41, 5.74) is -0.254. The van der Waals surface area contributed by atoms with Gasteiger partial charge in [0.25, 0.3) is 0 Å². The summed E-state index contributed by atoms with van der Waals surface area (Å²) >= 11 is 11.6. The first-order valence-electron chi connectivity index (χ1n) is 5.76. The fourth-order valence-corrected chi connectivity index (χ4v) is 4.10. The molecule has 0 unspecified atom stereocenters. The topological polar surface area (TPSA) is 71.4 Å². The average Bonchev–Trinajstić information content (AvgIpc) is 3.09. The lowest BCUT2D eigenvalue weighted by Gasteiger charge is -2.08. The lowest BCUT2D eigenvalue weighted by atomic mass is 10.2. The molecule has 0 spiro atoms. The van der Waals surface area contributed by atoms with Crippen molar-refractivity contribution in [3.05, 3.63) is 27.7 Å². The highest BCUT2D eigenvalue weighted by Crippen LogP contribution is 2.35. The zero-order valence-corrected chi connectivity index (χ0v) is 12.2. The molecule has 1 aliphatic carbocycles. The molecule has 0 saturated heterocycles. The van der Waals surface area contributed by atoms with Crippen LogP contribution in [0.15, 0.2) is 17.0 Å². The van der Waals surface area contributed by atoms with Gasteiger partial charge in [-0.1, -0.05) is 36.0 Å². The normalized spacial score (nSPS) is 15.5. The number of carbonyl (C=O) groups is 1. The fourth-order valence-electron chi connectivity index (χ4n) is 1.77. The Morgan fingerprint density at radius 3 is 2.42 bits per heavy atom. The number of hydrogen-bond donors (Lipinski definition) is 1. The van der Waals surface area contributed by atoms with Crippen molar-refractivity contribution in [2.75, 3.05) is 5.75 Å². The Morgan fingerprint density at radius 2 is 1.89 bits per heavy atom.